The maximum atomic E-state index is 14.0. The highest BCUT2D eigenvalue weighted by atomic mass is 32.2. The van der Waals surface area contributed by atoms with E-state index >= 15 is 0 Å². The third-order valence-electron chi connectivity index (χ3n) is 5.60. The molecule has 0 aliphatic carbocycles. The second-order valence-electron chi connectivity index (χ2n) is 8.52. The van der Waals surface area contributed by atoms with Crippen molar-refractivity contribution < 1.29 is 44.3 Å². The van der Waals surface area contributed by atoms with Crippen LogP contribution in [0.25, 0.3) is 0 Å². The summed E-state index contributed by atoms with van der Waals surface area (Å²) >= 11 is 0. The van der Waals surface area contributed by atoms with Crippen LogP contribution >= 0.6 is 0 Å². The van der Waals surface area contributed by atoms with Crippen molar-refractivity contribution in [3.05, 3.63) is 89.7 Å². The number of halogens is 6. The molecule has 3 aromatic rings. The van der Waals surface area contributed by atoms with Crippen LogP contribution in [0.3, 0.4) is 0 Å². The van der Waals surface area contributed by atoms with Crippen LogP contribution in [0.2, 0.25) is 0 Å². The van der Waals surface area contributed by atoms with Gasteiger partial charge in [-0.2, -0.15) is 26.3 Å². The second-order valence-corrected chi connectivity index (χ2v) is 10.7. The molecular formula is C25H23F6N3O4S. The Labute approximate surface area is 220 Å². The Morgan fingerprint density at radius 2 is 1.49 bits per heavy atom. The van der Waals surface area contributed by atoms with Crippen LogP contribution in [-0.2, 0) is 38.2 Å². The van der Waals surface area contributed by atoms with Crippen molar-refractivity contribution in [2.75, 3.05) is 19.4 Å². The Balaban J connectivity index is 1.79. The van der Waals surface area contributed by atoms with E-state index in [9.17, 15) is 39.6 Å². The Morgan fingerprint density at radius 1 is 0.897 bits per heavy atom. The van der Waals surface area contributed by atoms with Gasteiger partial charge in [0, 0.05) is 31.5 Å². The van der Waals surface area contributed by atoms with Gasteiger partial charge in [-0.05, 0) is 42.0 Å². The van der Waals surface area contributed by atoms with Crippen LogP contribution in [0.1, 0.15) is 16.8 Å². The summed E-state index contributed by atoms with van der Waals surface area (Å²) in [5, 5.41) is 2.39. The molecule has 0 unspecified atom stereocenters. The van der Waals surface area contributed by atoms with E-state index < -0.39 is 46.1 Å². The number of aromatic nitrogens is 1. The number of nitrogens with one attached hydrogen (secondary N) is 1. The maximum Gasteiger partial charge on any atom is 0.430 e. The molecule has 0 spiro atoms. The molecule has 0 saturated heterocycles. The average molecular weight is 576 g/mol. The van der Waals surface area contributed by atoms with E-state index in [1.807, 2.05) is 0 Å². The SMILES string of the molecule is CN(C)S(=O)(=O)c1ccc(CC(=O)Nc2ccc(C(OCc3ccccn3)(C(F)(F)F)C(F)(F)F)cc2)cc1. The predicted molar refractivity (Wildman–Crippen MR) is 129 cm³/mol. The molecule has 1 amide bonds. The number of hydrogen-bond donors (Lipinski definition) is 1. The maximum absolute atomic E-state index is 14.0. The van der Waals surface area contributed by atoms with Crippen molar-refractivity contribution >= 4 is 21.6 Å². The van der Waals surface area contributed by atoms with Gasteiger partial charge in [0.15, 0.2) is 0 Å². The van der Waals surface area contributed by atoms with E-state index in [4.69, 9.17) is 0 Å². The molecule has 7 nitrogen and oxygen atoms in total. The Kier molecular flexibility index (Phi) is 8.72. The lowest BCUT2D eigenvalue weighted by Crippen LogP contribution is -2.55. The smallest absolute Gasteiger partial charge is 0.347 e. The first kappa shape index (κ1) is 30.1. The highest BCUT2D eigenvalue weighted by molar-refractivity contribution is 7.89. The molecule has 0 atom stereocenters. The summed E-state index contributed by atoms with van der Waals surface area (Å²) in [6.45, 7) is -1.06. The molecular weight excluding hydrogens is 552 g/mol. The first-order chi connectivity index (χ1) is 18.1. The number of pyridine rings is 1. The molecule has 2 aromatic carbocycles. The molecule has 1 aromatic heterocycles. The van der Waals surface area contributed by atoms with Gasteiger partial charge in [0.25, 0.3) is 5.60 Å². The zero-order chi connectivity index (χ0) is 29.1. The zero-order valence-electron chi connectivity index (χ0n) is 20.5. The summed E-state index contributed by atoms with van der Waals surface area (Å²) in [6.07, 6.45) is -10.8. The molecule has 1 heterocycles. The van der Waals surface area contributed by atoms with Crippen molar-refractivity contribution in [3.8, 4) is 0 Å². The van der Waals surface area contributed by atoms with Crippen molar-refractivity contribution in [3.63, 3.8) is 0 Å². The molecule has 210 valence electrons. The van der Waals surface area contributed by atoms with Gasteiger partial charge in [-0.15, -0.1) is 0 Å². The van der Waals surface area contributed by atoms with Crippen LogP contribution in [0.15, 0.2) is 77.8 Å². The number of benzene rings is 2. The first-order valence-electron chi connectivity index (χ1n) is 11.2. The van der Waals surface area contributed by atoms with E-state index in [0.717, 1.165) is 16.4 Å². The fraction of sp³-hybridized carbons (Fsp3) is 0.280. The number of carbonyl (C=O) groups excluding carboxylic acids is 1. The number of sulfonamides is 1. The summed E-state index contributed by atoms with van der Waals surface area (Å²) < 4.78 is 114. The number of rotatable bonds is 9. The lowest BCUT2D eigenvalue weighted by atomic mass is 9.91. The van der Waals surface area contributed by atoms with Crippen LogP contribution in [0, 0.1) is 0 Å². The molecule has 0 bridgehead atoms. The number of ether oxygens (including phenoxy) is 1. The summed E-state index contributed by atoms with van der Waals surface area (Å²) in [4.78, 5) is 16.1. The number of amides is 1. The summed E-state index contributed by atoms with van der Waals surface area (Å²) in [6, 6.07) is 12.5. The van der Waals surface area contributed by atoms with Gasteiger partial charge >= 0.3 is 12.4 Å². The number of anilines is 1. The minimum atomic E-state index is -5.88. The first-order valence-corrected chi connectivity index (χ1v) is 12.6. The summed E-state index contributed by atoms with van der Waals surface area (Å²) in [5.41, 5.74) is -5.63. The van der Waals surface area contributed by atoms with Gasteiger partial charge in [0.1, 0.15) is 0 Å². The van der Waals surface area contributed by atoms with Crippen molar-refractivity contribution in [1.82, 2.24) is 9.29 Å². The van der Waals surface area contributed by atoms with Crippen LogP contribution in [0.5, 0.6) is 0 Å². The van der Waals surface area contributed by atoms with E-state index in [-0.39, 0.29) is 22.7 Å². The molecule has 0 aliphatic rings. The molecule has 0 radical (unpaired) electrons. The monoisotopic (exact) mass is 575 g/mol. The van der Waals surface area contributed by atoms with Gasteiger partial charge in [-0.1, -0.05) is 30.3 Å². The minimum absolute atomic E-state index is 0.00956. The lowest BCUT2D eigenvalue weighted by molar-refractivity contribution is -0.392. The fourth-order valence-electron chi connectivity index (χ4n) is 3.57. The third-order valence-corrected chi connectivity index (χ3v) is 7.43. The minimum Gasteiger partial charge on any atom is -0.347 e. The standard InChI is InChI=1S/C25H23F6N3O4S/c1-34(2)39(36,37)21-12-6-17(7-13-21)15-22(35)33-19-10-8-18(9-11-19)23(24(26,27)28,25(29,30)31)38-16-20-5-3-4-14-32-20/h3-14H,15-16H2,1-2H3,(H,33,35). The fourth-order valence-corrected chi connectivity index (χ4v) is 4.47. The van der Waals surface area contributed by atoms with Crippen molar-refractivity contribution in [2.45, 2.75) is 35.9 Å². The largest absolute Gasteiger partial charge is 0.430 e. The number of nitrogens with zero attached hydrogens (tertiary/aromatic N) is 2. The number of hydrogen-bond acceptors (Lipinski definition) is 5. The summed E-state index contributed by atoms with van der Waals surface area (Å²) in [5.74, 6) is -0.629. The second kappa shape index (κ2) is 11.3. The Hall–Kier alpha value is -3.49. The molecule has 0 aliphatic heterocycles. The van der Waals surface area contributed by atoms with E-state index in [1.54, 1.807) is 0 Å². The highest BCUT2D eigenvalue weighted by Gasteiger charge is 2.73. The highest BCUT2D eigenvalue weighted by Crippen LogP contribution is 2.53. The van der Waals surface area contributed by atoms with Crippen LogP contribution in [0.4, 0.5) is 32.0 Å². The quantitative estimate of drug-likeness (QED) is 0.361. The Bertz CT molecular complexity index is 1360. The molecule has 14 heteroatoms. The van der Waals surface area contributed by atoms with Crippen molar-refractivity contribution in [1.29, 1.82) is 0 Å². The predicted octanol–water partition coefficient (Wildman–Crippen LogP) is 5.05. The zero-order valence-corrected chi connectivity index (χ0v) is 21.4. The Morgan fingerprint density at radius 3 is 1.97 bits per heavy atom. The average Bonchev–Trinajstić information content (AvgIpc) is 2.84. The molecule has 1 N–H and O–H groups in total. The topological polar surface area (TPSA) is 88.6 Å². The van der Waals surface area contributed by atoms with Crippen LogP contribution < -0.4 is 5.32 Å². The van der Waals surface area contributed by atoms with Gasteiger partial charge in [0.05, 0.1) is 23.6 Å². The van der Waals surface area contributed by atoms with Gasteiger partial charge in [-0.3, -0.25) is 9.78 Å². The molecule has 3 rings (SSSR count). The van der Waals surface area contributed by atoms with Gasteiger partial charge in [0.2, 0.25) is 15.9 Å². The van der Waals surface area contributed by atoms with Gasteiger partial charge in [-0.25, -0.2) is 12.7 Å². The molecule has 0 fully saturated rings. The van der Waals surface area contributed by atoms with E-state index in [1.165, 1.54) is 62.8 Å². The van der Waals surface area contributed by atoms with Gasteiger partial charge < -0.3 is 10.1 Å². The number of carbonyl (C=O) groups is 1. The lowest BCUT2D eigenvalue weighted by Gasteiger charge is -2.37. The van der Waals surface area contributed by atoms with Crippen LogP contribution in [-0.4, -0.2) is 50.1 Å². The molecule has 39 heavy (non-hydrogen) atoms. The van der Waals surface area contributed by atoms with Crippen molar-refractivity contribution in [2.24, 2.45) is 0 Å². The normalized spacial score (nSPS) is 12.9. The summed E-state index contributed by atoms with van der Waals surface area (Å²) in [7, 11) is -0.943. The van der Waals surface area contributed by atoms with E-state index in [0.29, 0.717) is 17.7 Å². The van der Waals surface area contributed by atoms with E-state index in [2.05, 4.69) is 15.0 Å². The molecule has 0 saturated carbocycles. The number of alkyl halides is 6. The third kappa shape index (κ3) is 6.57.